The van der Waals surface area contributed by atoms with Crippen LogP contribution < -0.4 is 5.32 Å². The summed E-state index contributed by atoms with van der Waals surface area (Å²) >= 11 is 0. The molecule has 0 radical (unpaired) electrons. The van der Waals surface area contributed by atoms with E-state index in [4.69, 9.17) is 5.11 Å². The van der Waals surface area contributed by atoms with Gasteiger partial charge in [0.25, 0.3) is 0 Å². The number of carboxylic acid groups (broad SMARTS) is 1. The lowest BCUT2D eigenvalue weighted by Gasteiger charge is -2.19. The van der Waals surface area contributed by atoms with Crippen LogP contribution in [0.5, 0.6) is 0 Å². The number of rotatable bonds is 5. The smallest absolute Gasteiger partial charge is 0.320 e. The van der Waals surface area contributed by atoms with Crippen LogP contribution in [0.3, 0.4) is 0 Å². The van der Waals surface area contributed by atoms with Crippen LogP contribution in [0.25, 0.3) is 0 Å². The molecule has 3 heteroatoms. The zero-order valence-electron chi connectivity index (χ0n) is 10.0. The standard InChI is InChI=1S/C13H19NO2/c1-4-12(13(15)16)14-10(3)11-7-5-9(2)6-8-11/h5-8,10,12,14H,4H2,1-3H3,(H,15,16)/t10-,12?/m0/s1. The molecule has 0 aliphatic carbocycles. The minimum atomic E-state index is -0.790. The molecule has 16 heavy (non-hydrogen) atoms. The number of carboxylic acids is 1. The van der Waals surface area contributed by atoms with E-state index in [-0.39, 0.29) is 6.04 Å². The van der Waals surface area contributed by atoms with Gasteiger partial charge in [-0.15, -0.1) is 0 Å². The maximum absolute atomic E-state index is 10.9. The number of carbonyl (C=O) groups is 1. The van der Waals surface area contributed by atoms with Gasteiger partial charge in [-0.3, -0.25) is 10.1 Å². The van der Waals surface area contributed by atoms with E-state index in [9.17, 15) is 4.79 Å². The lowest BCUT2D eigenvalue weighted by atomic mass is 10.1. The van der Waals surface area contributed by atoms with E-state index in [0.717, 1.165) is 5.56 Å². The van der Waals surface area contributed by atoms with Gasteiger partial charge in [-0.1, -0.05) is 36.8 Å². The van der Waals surface area contributed by atoms with Crippen LogP contribution in [-0.4, -0.2) is 17.1 Å². The summed E-state index contributed by atoms with van der Waals surface area (Å²) in [6.07, 6.45) is 0.589. The fourth-order valence-corrected chi connectivity index (χ4v) is 1.62. The van der Waals surface area contributed by atoms with E-state index < -0.39 is 12.0 Å². The molecule has 0 heterocycles. The van der Waals surface area contributed by atoms with Crippen LogP contribution in [-0.2, 0) is 4.79 Å². The molecule has 2 atom stereocenters. The first kappa shape index (κ1) is 12.7. The third-order valence-electron chi connectivity index (χ3n) is 2.73. The highest BCUT2D eigenvalue weighted by molar-refractivity contribution is 5.73. The van der Waals surface area contributed by atoms with Gasteiger partial charge in [0.15, 0.2) is 0 Å². The Hall–Kier alpha value is -1.35. The Labute approximate surface area is 96.5 Å². The Morgan fingerprint density at radius 1 is 1.38 bits per heavy atom. The van der Waals surface area contributed by atoms with Gasteiger partial charge < -0.3 is 5.11 Å². The minimum Gasteiger partial charge on any atom is -0.480 e. The van der Waals surface area contributed by atoms with Gasteiger partial charge in [0.1, 0.15) is 6.04 Å². The SMILES string of the molecule is CCC(N[C@@H](C)c1ccc(C)cc1)C(=O)O. The summed E-state index contributed by atoms with van der Waals surface area (Å²) in [4.78, 5) is 10.9. The average molecular weight is 221 g/mol. The predicted molar refractivity (Wildman–Crippen MR) is 64.4 cm³/mol. The lowest BCUT2D eigenvalue weighted by Crippen LogP contribution is -2.37. The monoisotopic (exact) mass is 221 g/mol. The number of aliphatic carboxylic acids is 1. The zero-order valence-corrected chi connectivity index (χ0v) is 10.0. The van der Waals surface area contributed by atoms with Crippen molar-refractivity contribution in [2.24, 2.45) is 0 Å². The summed E-state index contributed by atoms with van der Waals surface area (Å²) in [5, 5.41) is 12.1. The van der Waals surface area contributed by atoms with E-state index in [1.165, 1.54) is 5.56 Å². The highest BCUT2D eigenvalue weighted by atomic mass is 16.4. The fourth-order valence-electron chi connectivity index (χ4n) is 1.62. The summed E-state index contributed by atoms with van der Waals surface area (Å²) in [5.74, 6) is -0.790. The van der Waals surface area contributed by atoms with Gasteiger partial charge >= 0.3 is 5.97 Å². The Balaban J connectivity index is 2.67. The van der Waals surface area contributed by atoms with Crippen molar-refractivity contribution >= 4 is 5.97 Å². The first-order chi connectivity index (χ1) is 7.54. The molecule has 0 aliphatic heterocycles. The van der Waals surface area contributed by atoms with E-state index in [2.05, 4.69) is 5.32 Å². The summed E-state index contributed by atoms with van der Waals surface area (Å²) in [5.41, 5.74) is 2.33. The Morgan fingerprint density at radius 2 is 1.94 bits per heavy atom. The average Bonchev–Trinajstić information content (AvgIpc) is 2.26. The zero-order chi connectivity index (χ0) is 12.1. The number of hydrogen-bond donors (Lipinski definition) is 2. The van der Waals surface area contributed by atoms with E-state index in [0.29, 0.717) is 6.42 Å². The maximum Gasteiger partial charge on any atom is 0.320 e. The molecule has 0 aliphatic rings. The molecule has 0 bridgehead atoms. The maximum atomic E-state index is 10.9. The largest absolute Gasteiger partial charge is 0.480 e. The molecular weight excluding hydrogens is 202 g/mol. The molecule has 1 rings (SSSR count). The first-order valence-electron chi connectivity index (χ1n) is 5.60. The Bertz CT molecular complexity index is 345. The van der Waals surface area contributed by atoms with Gasteiger partial charge in [0, 0.05) is 6.04 Å². The molecule has 2 N–H and O–H groups in total. The van der Waals surface area contributed by atoms with E-state index >= 15 is 0 Å². The van der Waals surface area contributed by atoms with Crippen molar-refractivity contribution in [3.05, 3.63) is 35.4 Å². The van der Waals surface area contributed by atoms with Crippen LogP contribution in [0.4, 0.5) is 0 Å². The van der Waals surface area contributed by atoms with E-state index in [1.807, 2.05) is 45.0 Å². The molecule has 0 aromatic heterocycles. The van der Waals surface area contributed by atoms with Gasteiger partial charge in [0.05, 0.1) is 0 Å². The third kappa shape index (κ3) is 3.35. The molecular formula is C13H19NO2. The topological polar surface area (TPSA) is 49.3 Å². The second-order valence-corrected chi connectivity index (χ2v) is 4.10. The molecule has 3 nitrogen and oxygen atoms in total. The number of nitrogens with one attached hydrogen (secondary N) is 1. The van der Waals surface area contributed by atoms with Crippen LogP contribution >= 0.6 is 0 Å². The highest BCUT2D eigenvalue weighted by Crippen LogP contribution is 2.14. The van der Waals surface area contributed by atoms with Crippen molar-refractivity contribution in [1.82, 2.24) is 5.32 Å². The van der Waals surface area contributed by atoms with Crippen molar-refractivity contribution in [3.8, 4) is 0 Å². The van der Waals surface area contributed by atoms with Crippen LogP contribution in [0.2, 0.25) is 0 Å². The second-order valence-electron chi connectivity index (χ2n) is 4.10. The van der Waals surface area contributed by atoms with E-state index in [1.54, 1.807) is 0 Å². The quantitative estimate of drug-likeness (QED) is 0.803. The van der Waals surface area contributed by atoms with Crippen molar-refractivity contribution < 1.29 is 9.90 Å². The molecule has 1 aromatic carbocycles. The number of aryl methyl sites for hydroxylation is 1. The lowest BCUT2D eigenvalue weighted by molar-refractivity contribution is -0.139. The van der Waals surface area contributed by atoms with Crippen molar-refractivity contribution in [3.63, 3.8) is 0 Å². The molecule has 88 valence electrons. The van der Waals surface area contributed by atoms with Crippen molar-refractivity contribution in [2.75, 3.05) is 0 Å². The van der Waals surface area contributed by atoms with Crippen LogP contribution in [0.1, 0.15) is 37.4 Å². The van der Waals surface area contributed by atoms with Crippen molar-refractivity contribution in [1.29, 1.82) is 0 Å². The molecule has 1 aromatic rings. The number of benzene rings is 1. The summed E-state index contributed by atoms with van der Waals surface area (Å²) < 4.78 is 0. The normalized spacial score (nSPS) is 14.4. The fraction of sp³-hybridized carbons (Fsp3) is 0.462. The summed E-state index contributed by atoms with van der Waals surface area (Å²) in [7, 11) is 0. The minimum absolute atomic E-state index is 0.0571. The highest BCUT2D eigenvalue weighted by Gasteiger charge is 2.17. The molecule has 0 amide bonds. The Kier molecular flexibility index (Phi) is 4.50. The molecule has 0 fully saturated rings. The molecule has 0 saturated heterocycles. The summed E-state index contributed by atoms with van der Waals surface area (Å²) in [6.45, 7) is 5.89. The third-order valence-corrected chi connectivity index (χ3v) is 2.73. The van der Waals surface area contributed by atoms with Gasteiger partial charge in [-0.25, -0.2) is 0 Å². The predicted octanol–water partition coefficient (Wildman–Crippen LogP) is 2.51. The van der Waals surface area contributed by atoms with Crippen molar-refractivity contribution in [2.45, 2.75) is 39.3 Å². The molecule has 1 unspecified atom stereocenters. The number of hydrogen-bond acceptors (Lipinski definition) is 2. The summed E-state index contributed by atoms with van der Waals surface area (Å²) in [6, 6.07) is 7.71. The van der Waals surface area contributed by atoms with Gasteiger partial charge in [-0.2, -0.15) is 0 Å². The Morgan fingerprint density at radius 3 is 2.38 bits per heavy atom. The van der Waals surface area contributed by atoms with Crippen LogP contribution in [0.15, 0.2) is 24.3 Å². The van der Waals surface area contributed by atoms with Gasteiger partial charge in [-0.05, 0) is 25.8 Å². The van der Waals surface area contributed by atoms with Gasteiger partial charge in [0.2, 0.25) is 0 Å². The molecule has 0 saturated carbocycles. The molecule has 0 spiro atoms. The second kappa shape index (κ2) is 5.66. The van der Waals surface area contributed by atoms with Crippen LogP contribution in [0, 0.1) is 6.92 Å². The first-order valence-corrected chi connectivity index (χ1v) is 5.60.